The fraction of sp³-hybridized carbons (Fsp3) is 0.583. The molecule has 1 fully saturated rings. The topological polar surface area (TPSA) is 66.3 Å². The minimum atomic E-state index is -1.04. The second-order valence-corrected chi connectivity index (χ2v) is 6.71. The normalized spacial score (nSPS) is 19.3. The minimum Gasteiger partial charge on any atom is -0.476 e. The Hall–Kier alpha value is -1.30. The maximum absolute atomic E-state index is 10.7. The minimum absolute atomic E-state index is 0.0109. The summed E-state index contributed by atoms with van der Waals surface area (Å²) in [5.74, 6) is 0.773. The number of anilines is 1. The monoisotopic (exact) mass is 267 g/mol. The quantitative estimate of drug-likeness (QED) is 0.882. The van der Waals surface area contributed by atoms with Crippen LogP contribution in [0, 0.1) is 0 Å². The van der Waals surface area contributed by atoms with E-state index in [2.05, 4.69) is 28.7 Å². The van der Waals surface area contributed by atoms with Gasteiger partial charge in [-0.2, -0.15) is 11.8 Å². The van der Waals surface area contributed by atoms with E-state index in [1.54, 1.807) is 6.20 Å². The molecule has 0 amide bonds. The first kappa shape index (κ1) is 13.1. The molecule has 0 aromatic carbocycles. The highest BCUT2D eigenvalue weighted by molar-refractivity contribution is 8.00. The number of rotatable bonds is 2. The van der Waals surface area contributed by atoms with Crippen molar-refractivity contribution in [3.05, 3.63) is 18.1 Å². The van der Waals surface area contributed by atoms with Gasteiger partial charge in [0.05, 0.1) is 12.4 Å². The number of aromatic nitrogens is 2. The summed E-state index contributed by atoms with van der Waals surface area (Å²) in [5.41, 5.74) is -0.0109. The number of carbonyl (C=O) groups is 1. The van der Waals surface area contributed by atoms with Gasteiger partial charge in [-0.15, -0.1) is 0 Å². The standard InChI is InChI=1S/C12H17N3O2S/c1-12(2)3-4-15(5-6-18-12)10-8-13-9(7-14-10)11(16)17/h7-8H,3-6H2,1-2H3,(H,16,17). The molecule has 98 valence electrons. The van der Waals surface area contributed by atoms with E-state index in [9.17, 15) is 4.79 Å². The van der Waals surface area contributed by atoms with Crippen LogP contribution >= 0.6 is 11.8 Å². The van der Waals surface area contributed by atoms with E-state index < -0.39 is 5.97 Å². The number of hydrogen-bond acceptors (Lipinski definition) is 5. The highest BCUT2D eigenvalue weighted by atomic mass is 32.2. The Bertz CT molecular complexity index is 433. The van der Waals surface area contributed by atoms with E-state index >= 15 is 0 Å². The first-order chi connectivity index (χ1) is 8.48. The lowest BCUT2D eigenvalue weighted by Gasteiger charge is -2.23. The SMILES string of the molecule is CC1(C)CCN(c2cnc(C(=O)O)cn2)CCS1. The largest absolute Gasteiger partial charge is 0.476 e. The third-order valence-electron chi connectivity index (χ3n) is 3.02. The van der Waals surface area contributed by atoms with Crippen LogP contribution in [-0.4, -0.2) is 44.6 Å². The molecule has 2 rings (SSSR count). The third kappa shape index (κ3) is 3.13. The predicted octanol–water partition coefficient (Wildman–Crippen LogP) is 1.90. The van der Waals surface area contributed by atoms with Crippen LogP contribution < -0.4 is 4.90 Å². The molecule has 1 saturated heterocycles. The molecule has 1 N–H and O–H groups in total. The second-order valence-electron chi connectivity index (χ2n) is 4.91. The van der Waals surface area contributed by atoms with Crippen LogP contribution in [0.1, 0.15) is 30.8 Å². The molecule has 0 radical (unpaired) electrons. The van der Waals surface area contributed by atoms with Crippen molar-refractivity contribution in [2.45, 2.75) is 25.0 Å². The lowest BCUT2D eigenvalue weighted by Crippen LogP contribution is -2.28. The molecule has 0 aliphatic carbocycles. The van der Waals surface area contributed by atoms with Crippen LogP contribution in [-0.2, 0) is 0 Å². The molecule has 1 aliphatic heterocycles. The first-order valence-corrected chi connectivity index (χ1v) is 6.91. The Balaban J connectivity index is 2.09. The highest BCUT2D eigenvalue weighted by Crippen LogP contribution is 2.31. The van der Waals surface area contributed by atoms with Crippen LogP contribution in [0.2, 0.25) is 0 Å². The first-order valence-electron chi connectivity index (χ1n) is 5.92. The van der Waals surface area contributed by atoms with Crippen molar-refractivity contribution >= 4 is 23.5 Å². The van der Waals surface area contributed by atoms with Gasteiger partial charge >= 0.3 is 5.97 Å². The maximum atomic E-state index is 10.7. The molecule has 0 unspecified atom stereocenters. The Labute approximate surface area is 111 Å². The summed E-state index contributed by atoms with van der Waals surface area (Å²) in [4.78, 5) is 21.0. The average molecular weight is 267 g/mol. The van der Waals surface area contributed by atoms with Gasteiger partial charge in [0.15, 0.2) is 5.69 Å². The summed E-state index contributed by atoms with van der Waals surface area (Å²) in [6, 6.07) is 0. The van der Waals surface area contributed by atoms with Crippen molar-refractivity contribution in [2.24, 2.45) is 0 Å². The van der Waals surface area contributed by atoms with E-state index in [1.165, 1.54) is 6.20 Å². The summed E-state index contributed by atoms with van der Waals surface area (Å²) in [6.45, 7) is 6.36. The van der Waals surface area contributed by atoms with Crippen molar-refractivity contribution in [1.82, 2.24) is 9.97 Å². The number of carboxylic acid groups (broad SMARTS) is 1. The molecule has 1 aromatic heterocycles. The van der Waals surface area contributed by atoms with Gasteiger partial charge < -0.3 is 10.0 Å². The zero-order valence-corrected chi connectivity index (χ0v) is 11.4. The van der Waals surface area contributed by atoms with Crippen molar-refractivity contribution in [3.8, 4) is 0 Å². The van der Waals surface area contributed by atoms with E-state index in [1.807, 2.05) is 11.8 Å². The van der Waals surface area contributed by atoms with Gasteiger partial charge in [0, 0.05) is 23.6 Å². The molecule has 5 nitrogen and oxygen atoms in total. The van der Waals surface area contributed by atoms with Gasteiger partial charge in [-0.25, -0.2) is 14.8 Å². The zero-order valence-electron chi connectivity index (χ0n) is 10.6. The van der Waals surface area contributed by atoms with Crippen LogP contribution in [0.25, 0.3) is 0 Å². The fourth-order valence-electron chi connectivity index (χ4n) is 1.84. The molecular formula is C12H17N3O2S. The summed E-state index contributed by atoms with van der Waals surface area (Å²) in [7, 11) is 0. The Kier molecular flexibility index (Phi) is 3.75. The van der Waals surface area contributed by atoms with Crippen molar-refractivity contribution in [1.29, 1.82) is 0 Å². The number of thioether (sulfide) groups is 1. The summed E-state index contributed by atoms with van der Waals surface area (Å²) < 4.78 is 0.295. The molecule has 0 atom stereocenters. The van der Waals surface area contributed by atoms with Crippen LogP contribution in [0.3, 0.4) is 0 Å². The number of aromatic carboxylic acids is 1. The van der Waals surface area contributed by atoms with Gasteiger partial charge in [-0.1, -0.05) is 13.8 Å². The molecule has 2 heterocycles. The van der Waals surface area contributed by atoms with Gasteiger partial charge in [-0.05, 0) is 6.42 Å². The highest BCUT2D eigenvalue weighted by Gasteiger charge is 2.24. The molecule has 0 bridgehead atoms. The summed E-state index contributed by atoms with van der Waals surface area (Å²) in [6.07, 6.45) is 3.95. The average Bonchev–Trinajstić information content (AvgIpc) is 2.50. The molecular weight excluding hydrogens is 250 g/mol. The van der Waals surface area contributed by atoms with Crippen LogP contribution in [0.15, 0.2) is 12.4 Å². The predicted molar refractivity (Wildman–Crippen MR) is 72.4 cm³/mol. The lowest BCUT2D eigenvalue weighted by atomic mass is 10.1. The van der Waals surface area contributed by atoms with E-state index in [0.29, 0.717) is 4.75 Å². The zero-order chi connectivity index (χ0) is 13.2. The molecule has 0 saturated carbocycles. The number of carboxylic acids is 1. The second kappa shape index (κ2) is 5.14. The third-order valence-corrected chi connectivity index (χ3v) is 4.39. The van der Waals surface area contributed by atoms with E-state index in [0.717, 1.165) is 31.1 Å². The van der Waals surface area contributed by atoms with Gasteiger partial charge in [-0.3, -0.25) is 0 Å². The Morgan fingerprint density at radius 3 is 2.78 bits per heavy atom. The lowest BCUT2D eigenvalue weighted by molar-refractivity contribution is 0.0690. The van der Waals surface area contributed by atoms with Gasteiger partial charge in [0.2, 0.25) is 0 Å². The molecule has 1 aliphatic rings. The molecule has 6 heteroatoms. The smallest absolute Gasteiger partial charge is 0.356 e. The van der Waals surface area contributed by atoms with Gasteiger partial charge in [0.25, 0.3) is 0 Å². The van der Waals surface area contributed by atoms with E-state index in [-0.39, 0.29) is 5.69 Å². The summed E-state index contributed by atoms with van der Waals surface area (Å²) in [5, 5.41) is 8.78. The molecule has 1 aromatic rings. The van der Waals surface area contributed by atoms with Crippen LogP contribution in [0.5, 0.6) is 0 Å². The number of hydrogen-bond donors (Lipinski definition) is 1. The van der Waals surface area contributed by atoms with Crippen molar-refractivity contribution in [3.63, 3.8) is 0 Å². The van der Waals surface area contributed by atoms with E-state index in [4.69, 9.17) is 5.11 Å². The van der Waals surface area contributed by atoms with Gasteiger partial charge in [0.1, 0.15) is 5.82 Å². The Morgan fingerprint density at radius 1 is 1.39 bits per heavy atom. The maximum Gasteiger partial charge on any atom is 0.356 e. The van der Waals surface area contributed by atoms with Crippen molar-refractivity contribution in [2.75, 3.05) is 23.7 Å². The summed E-state index contributed by atoms with van der Waals surface area (Å²) >= 11 is 1.96. The number of nitrogens with zero attached hydrogens (tertiary/aromatic N) is 3. The molecule has 18 heavy (non-hydrogen) atoms. The Morgan fingerprint density at radius 2 is 2.17 bits per heavy atom. The van der Waals surface area contributed by atoms with Crippen molar-refractivity contribution < 1.29 is 9.90 Å². The molecule has 0 spiro atoms. The fourth-order valence-corrected chi connectivity index (χ4v) is 2.94. The van der Waals surface area contributed by atoms with Crippen LogP contribution in [0.4, 0.5) is 5.82 Å².